The maximum absolute atomic E-state index is 12.6. The van der Waals surface area contributed by atoms with Gasteiger partial charge in [0, 0.05) is 29.9 Å². The number of carboxylic acids is 1. The fourth-order valence-corrected chi connectivity index (χ4v) is 5.59. The topological polar surface area (TPSA) is 113 Å². The summed E-state index contributed by atoms with van der Waals surface area (Å²) in [4.78, 5) is 27.9. The van der Waals surface area contributed by atoms with Crippen molar-refractivity contribution in [1.29, 1.82) is 0 Å². The largest absolute Gasteiger partial charge is 0.480 e. The number of nitrogens with one attached hydrogen (secondary N) is 1. The van der Waals surface area contributed by atoms with E-state index in [9.17, 15) is 23.1 Å². The molecule has 3 rings (SSSR count). The van der Waals surface area contributed by atoms with Crippen molar-refractivity contribution < 1.29 is 23.1 Å². The van der Waals surface area contributed by atoms with E-state index in [0.717, 1.165) is 10.8 Å². The summed E-state index contributed by atoms with van der Waals surface area (Å²) >= 11 is 0. The SMILES string of the molecule is CC1(C)C(CNC(=O)c2cccc3cnccc23)CC(C(=O)O)S1(=O)=O. The second-order valence-corrected chi connectivity index (χ2v) is 9.73. The van der Waals surface area contributed by atoms with Crippen LogP contribution >= 0.6 is 0 Å². The summed E-state index contributed by atoms with van der Waals surface area (Å²) in [5.74, 6) is -2.14. The average molecular weight is 376 g/mol. The molecule has 0 radical (unpaired) electrons. The Hall–Kier alpha value is -2.48. The third kappa shape index (κ3) is 2.84. The highest BCUT2D eigenvalue weighted by molar-refractivity contribution is 7.94. The maximum atomic E-state index is 12.6. The van der Waals surface area contributed by atoms with Crippen LogP contribution in [0.2, 0.25) is 0 Å². The fraction of sp³-hybridized carbons (Fsp3) is 0.389. The minimum atomic E-state index is -3.82. The number of hydrogen-bond donors (Lipinski definition) is 2. The van der Waals surface area contributed by atoms with Gasteiger partial charge in [0.25, 0.3) is 5.91 Å². The first-order valence-electron chi connectivity index (χ1n) is 8.23. The standard InChI is InChI=1S/C18H20N2O5S/c1-18(2)12(8-15(17(22)23)26(18,24)25)10-20-16(21)14-5-3-4-11-9-19-7-6-13(11)14/h3-7,9,12,15H,8,10H2,1-2H3,(H,20,21)(H,22,23). The van der Waals surface area contributed by atoms with E-state index >= 15 is 0 Å². The number of nitrogens with zero attached hydrogens (tertiary/aromatic N) is 1. The van der Waals surface area contributed by atoms with Crippen molar-refractivity contribution >= 4 is 32.5 Å². The number of carbonyl (C=O) groups is 2. The lowest BCUT2D eigenvalue weighted by Crippen LogP contribution is -2.41. The lowest BCUT2D eigenvalue weighted by molar-refractivity contribution is -0.136. The Morgan fingerprint density at radius 3 is 2.69 bits per heavy atom. The quantitative estimate of drug-likeness (QED) is 0.838. The van der Waals surface area contributed by atoms with Gasteiger partial charge < -0.3 is 10.4 Å². The predicted molar refractivity (Wildman–Crippen MR) is 96.6 cm³/mol. The van der Waals surface area contributed by atoms with E-state index in [-0.39, 0.29) is 18.9 Å². The molecule has 7 nitrogen and oxygen atoms in total. The normalized spacial score (nSPS) is 23.6. The number of sulfone groups is 1. The number of benzene rings is 1. The lowest BCUT2D eigenvalue weighted by atomic mass is 9.90. The number of aliphatic carboxylic acids is 1. The summed E-state index contributed by atoms with van der Waals surface area (Å²) in [7, 11) is -3.82. The Kier molecular flexibility index (Phi) is 4.47. The van der Waals surface area contributed by atoms with Gasteiger partial charge in [-0.3, -0.25) is 14.6 Å². The Morgan fingerprint density at radius 2 is 2.04 bits per heavy atom. The number of amides is 1. The van der Waals surface area contributed by atoms with Crippen molar-refractivity contribution in [3.8, 4) is 0 Å². The summed E-state index contributed by atoms with van der Waals surface area (Å²) in [5.41, 5.74) is 0.471. The van der Waals surface area contributed by atoms with E-state index in [2.05, 4.69) is 10.3 Å². The van der Waals surface area contributed by atoms with Gasteiger partial charge in [-0.2, -0.15) is 0 Å². The van der Waals surface area contributed by atoms with Gasteiger partial charge in [-0.1, -0.05) is 12.1 Å². The summed E-state index contributed by atoms with van der Waals surface area (Å²) in [6.45, 7) is 3.13. The molecule has 8 heteroatoms. The Balaban J connectivity index is 1.80. The molecular formula is C18H20N2O5S. The van der Waals surface area contributed by atoms with Gasteiger partial charge in [-0.25, -0.2) is 8.42 Å². The van der Waals surface area contributed by atoms with Crippen LogP contribution in [-0.2, 0) is 14.6 Å². The van der Waals surface area contributed by atoms with E-state index < -0.39 is 31.7 Å². The molecule has 2 N–H and O–H groups in total. The molecule has 0 bridgehead atoms. The molecule has 2 heterocycles. The average Bonchev–Trinajstić information content (AvgIpc) is 2.77. The number of aromatic nitrogens is 1. The molecule has 1 aromatic carbocycles. The van der Waals surface area contributed by atoms with Gasteiger partial charge in [0.15, 0.2) is 15.1 Å². The molecule has 1 aliphatic heterocycles. The first-order chi connectivity index (χ1) is 12.2. The molecule has 1 aliphatic rings. The van der Waals surface area contributed by atoms with Crippen molar-refractivity contribution in [3.05, 3.63) is 42.2 Å². The summed E-state index contributed by atoms with van der Waals surface area (Å²) in [6, 6.07) is 7.04. The second-order valence-electron chi connectivity index (χ2n) is 7.02. The van der Waals surface area contributed by atoms with Crippen molar-refractivity contribution in [1.82, 2.24) is 10.3 Å². The number of rotatable bonds is 4. The zero-order valence-corrected chi connectivity index (χ0v) is 15.3. The first-order valence-corrected chi connectivity index (χ1v) is 9.78. The third-order valence-electron chi connectivity index (χ3n) is 5.30. The maximum Gasteiger partial charge on any atom is 0.321 e. The highest BCUT2D eigenvalue weighted by Gasteiger charge is 2.56. The highest BCUT2D eigenvalue weighted by atomic mass is 32.2. The van der Waals surface area contributed by atoms with Crippen LogP contribution in [0.5, 0.6) is 0 Å². The summed E-state index contributed by atoms with van der Waals surface area (Å²) < 4.78 is 23.7. The minimum Gasteiger partial charge on any atom is -0.480 e. The van der Waals surface area contributed by atoms with Gasteiger partial charge in [0.05, 0.1) is 4.75 Å². The Labute approximate surface area is 151 Å². The molecular weight excluding hydrogens is 356 g/mol. The molecule has 1 aromatic heterocycles. The zero-order valence-electron chi connectivity index (χ0n) is 14.5. The lowest BCUT2D eigenvalue weighted by Gasteiger charge is -2.25. The molecule has 0 aliphatic carbocycles. The van der Waals surface area contributed by atoms with Crippen molar-refractivity contribution in [2.24, 2.45) is 5.92 Å². The van der Waals surface area contributed by atoms with Crippen LogP contribution in [-0.4, -0.2) is 46.9 Å². The molecule has 2 atom stereocenters. The van der Waals surface area contributed by atoms with Crippen LogP contribution in [0.25, 0.3) is 10.8 Å². The predicted octanol–water partition coefficient (Wildman–Crippen LogP) is 1.63. The number of pyridine rings is 1. The first kappa shape index (κ1) is 18.3. The Bertz CT molecular complexity index is 979. The molecule has 26 heavy (non-hydrogen) atoms. The van der Waals surface area contributed by atoms with Crippen molar-refractivity contribution in [3.63, 3.8) is 0 Å². The van der Waals surface area contributed by atoms with Crippen LogP contribution in [0, 0.1) is 5.92 Å². The molecule has 2 aromatic rings. The van der Waals surface area contributed by atoms with E-state index in [1.54, 1.807) is 30.6 Å². The van der Waals surface area contributed by atoms with Gasteiger partial charge in [-0.05, 0) is 43.7 Å². The summed E-state index contributed by atoms with van der Waals surface area (Å²) in [6.07, 6.45) is 3.25. The van der Waals surface area contributed by atoms with Crippen LogP contribution < -0.4 is 5.32 Å². The number of fused-ring (bicyclic) bond motifs is 1. The zero-order chi connectivity index (χ0) is 19.1. The van der Waals surface area contributed by atoms with Crippen LogP contribution in [0.4, 0.5) is 0 Å². The van der Waals surface area contributed by atoms with E-state index in [0.29, 0.717) is 5.56 Å². The number of hydrogen-bond acceptors (Lipinski definition) is 5. The van der Waals surface area contributed by atoms with E-state index in [4.69, 9.17) is 0 Å². The minimum absolute atomic E-state index is 0.00952. The van der Waals surface area contributed by atoms with Crippen LogP contribution in [0.3, 0.4) is 0 Å². The molecule has 0 spiro atoms. The van der Waals surface area contributed by atoms with Gasteiger partial charge in [-0.15, -0.1) is 0 Å². The van der Waals surface area contributed by atoms with Gasteiger partial charge >= 0.3 is 5.97 Å². The van der Waals surface area contributed by atoms with Crippen molar-refractivity contribution in [2.45, 2.75) is 30.3 Å². The van der Waals surface area contributed by atoms with Crippen molar-refractivity contribution in [2.75, 3.05) is 6.54 Å². The Morgan fingerprint density at radius 1 is 1.31 bits per heavy atom. The third-order valence-corrected chi connectivity index (χ3v) is 8.24. The monoisotopic (exact) mass is 376 g/mol. The fourth-order valence-electron chi connectivity index (χ4n) is 3.46. The molecule has 1 fully saturated rings. The molecule has 0 saturated carbocycles. The molecule has 2 unspecified atom stereocenters. The van der Waals surface area contributed by atoms with E-state index in [1.807, 2.05) is 6.07 Å². The molecule has 138 valence electrons. The summed E-state index contributed by atoms with van der Waals surface area (Å²) in [5, 5.41) is 12.1. The van der Waals surface area contributed by atoms with Gasteiger partial charge in [0.1, 0.15) is 0 Å². The van der Waals surface area contributed by atoms with Crippen LogP contribution in [0.1, 0.15) is 30.6 Å². The number of carboxylic acid groups (broad SMARTS) is 1. The van der Waals surface area contributed by atoms with Gasteiger partial charge in [0.2, 0.25) is 0 Å². The van der Waals surface area contributed by atoms with Crippen LogP contribution in [0.15, 0.2) is 36.7 Å². The molecule has 1 amide bonds. The highest BCUT2D eigenvalue weighted by Crippen LogP contribution is 2.41. The number of carbonyl (C=O) groups excluding carboxylic acids is 1. The second kappa shape index (κ2) is 6.35. The van der Waals surface area contributed by atoms with E-state index in [1.165, 1.54) is 13.8 Å². The smallest absolute Gasteiger partial charge is 0.321 e. The molecule has 1 saturated heterocycles.